The number of nitrogens with zero attached hydrogens (tertiary/aromatic N) is 1. The van der Waals surface area contributed by atoms with E-state index in [4.69, 9.17) is 22.4 Å². The minimum absolute atomic E-state index is 0.00524. The van der Waals surface area contributed by atoms with Crippen molar-refractivity contribution in [1.29, 1.82) is 0 Å². The Labute approximate surface area is 90.8 Å². The van der Waals surface area contributed by atoms with Crippen molar-refractivity contribution in [3.8, 4) is 5.75 Å². The lowest BCUT2D eigenvalue weighted by atomic mass is 10.1. The molecule has 15 heavy (non-hydrogen) atoms. The van der Waals surface area contributed by atoms with Gasteiger partial charge in [-0.2, -0.15) is 0 Å². The molecule has 0 heterocycles. The summed E-state index contributed by atoms with van der Waals surface area (Å²) in [5.74, 6) is -1.54. The SMILES string of the molecule is NC(CCl)=Nc1cccc(O)c1C(=O)O. The van der Waals surface area contributed by atoms with Crippen molar-refractivity contribution < 1.29 is 15.0 Å². The molecule has 1 rings (SSSR count). The third-order valence-electron chi connectivity index (χ3n) is 1.64. The van der Waals surface area contributed by atoms with Crippen LogP contribution in [0.2, 0.25) is 0 Å². The predicted molar refractivity (Wildman–Crippen MR) is 57.1 cm³/mol. The number of carboxylic acid groups (broad SMARTS) is 1. The van der Waals surface area contributed by atoms with E-state index in [1.807, 2.05) is 0 Å². The molecule has 0 saturated carbocycles. The number of phenols is 1. The number of aliphatic imine (C=N–C) groups is 1. The minimum atomic E-state index is -1.27. The molecule has 0 amide bonds. The molecule has 0 spiro atoms. The molecule has 0 aromatic heterocycles. The molecule has 1 aromatic rings. The number of hydrogen-bond donors (Lipinski definition) is 3. The zero-order chi connectivity index (χ0) is 11.4. The zero-order valence-electron chi connectivity index (χ0n) is 7.64. The number of nitrogens with two attached hydrogens (primary N) is 1. The number of carbonyl (C=O) groups is 1. The Balaban J connectivity index is 3.29. The fraction of sp³-hybridized carbons (Fsp3) is 0.111. The summed E-state index contributed by atoms with van der Waals surface area (Å²) >= 11 is 5.41. The second-order valence-corrected chi connectivity index (χ2v) is 2.98. The third-order valence-corrected chi connectivity index (χ3v) is 1.91. The van der Waals surface area contributed by atoms with Crippen LogP contribution in [0.3, 0.4) is 0 Å². The van der Waals surface area contributed by atoms with E-state index in [0.717, 1.165) is 0 Å². The van der Waals surface area contributed by atoms with Crippen LogP contribution < -0.4 is 5.73 Å². The molecular weight excluding hydrogens is 220 g/mol. The molecule has 5 nitrogen and oxygen atoms in total. The monoisotopic (exact) mass is 228 g/mol. The van der Waals surface area contributed by atoms with Crippen LogP contribution in [0.15, 0.2) is 23.2 Å². The third kappa shape index (κ3) is 2.60. The highest BCUT2D eigenvalue weighted by Gasteiger charge is 2.14. The van der Waals surface area contributed by atoms with Gasteiger partial charge in [0.25, 0.3) is 0 Å². The van der Waals surface area contributed by atoms with E-state index in [9.17, 15) is 9.90 Å². The van der Waals surface area contributed by atoms with Crippen LogP contribution >= 0.6 is 11.6 Å². The lowest BCUT2D eigenvalue weighted by Crippen LogP contribution is -2.12. The van der Waals surface area contributed by atoms with Gasteiger partial charge in [0.15, 0.2) is 0 Å². The van der Waals surface area contributed by atoms with E-state index < -0.39 is 5.97 Å². The van der Waals surface area contributed by atoms with E-state index in [-0.39, 0.29) is 28.7 Å². The van der Waals surface area contributed by atoms with Crippen molar-refractivity contribution in [3.05, 3.63) is 23.8 Å². The first-order valence-electron chi connectivity index (χ1n) is 4.00. The normalized spacial score (nSPS) is 11.4. The van der Waals surface area contributed by atoms with Crippen LogP contribution in [0, 0.1) is 0 Å². The molecule has 0 radical (unpaired) electrons. The molecule has 0 aliphatic rings. The number of carboxylic acids is 1. The maximum Gasteiger partial charge on any atom is 0.341 e. The molecule has 0 aliphatic heterocycles. The number of aromatic carboxylic acids is 1. The quantitative estimate of drug-likeness (QED) is 0.413. The van der Waals surface area contributed by atoms with Crippen LogP contribution in [-0.2, 0) is 0 Å². The molecular formula is C9H9ClN2O3. The van der Waals surface area contributed by atoms with Crippen LogP contribution in [0.5, 0.6) is 5.75 Å². The van der Waals surface area contributed by atoms with Crippen molar-refractivity contribution in [2.24, 2.45) is 10.7 Å². The molecule has 0 atom stereocenters. The van der Waals surface area contributed by atoms with Crippen molar-refractivity contribution in [2.45, 2.75) is 0 Å². The molecule has 1 aromatic carbocycles. The Hall–Kier alpha value is -1.75. The summed E-state index contributed by atoms with van der Waals surface area (Å²) in [7, 11) is 0. The fourth-order valence-electron chi connectivity index (χ4n) is 1.03. The average molecular weight is 229 g/mol. The lowest BCUT2D eigenvalue weighted by Gasteiger charge is -2.03. The van der Waals surface area contributed by atoms with E-state index in [1.165, 1.54) is 18.2 Å². The number of amidine groups is 1. The van der Waals surface area contributed by atoms with Crippen molar-refractivity contribution in [2.75, 3.05) is 5.88 Å². The summed E-state index contributed by atoms with van der Waals surface area (Å²) in [5.41, 5.74) is 5.17. The molecule has 4 N–H and O–H groups in total. The number of rotatable bonds is 3. The second kappa shape index (κ2) is 4.65. The van der Waals surface area contributed by atoms with Crippen molar-refractivity contribution >= 4 is 29.1 Å². The van der Waals surface area contributed by atoms with Gasteiger partial charge in [-0.1, -0.05) is 6.07 Å². The summed E-state index contributed by atoms with van der Waals surface area (Å²) in [5, 5.41) is 18.2. The smallest absolute Gasteiger partial charge is 0.341 e. The highest BCUT2D eigenvalue weighted by molar-refractivity contribution is 6.28. The number of hydrogen-bond acceptors (Lipinski definition) is 3. The maximum absolute atomic E-state index is 10.8. The first-order valence-corrected chi connectivity index (χ1v) is 4.54. The predicted octanol–water partition coefficient (Wildman–Crippen LogP) is 1.32. The molecule has 0 saturated heterocycles. The van der Waals surface area contributed by atoms with Gasteiger partial charge in [0.05, 0.1) is 11.6 Å². The van der Waals surface area contributed by atoms with Crippen LogP contribution in [0.4, 0.5) is 5.69 Å². The van der Waals surface area contributed by atoms with Gasteiger partial charge in [-0.3, -0.25) is 0 Å². The largest absolute Gasteiger partial charge is 0.507 e. The van der Waals surface area contributed by atoms with Crippen LogP contribution in [0.1, 0.15) is 10.4 Å². The molecule has 0 fully saturated rings. The molecule has 6 heteroatoms. The first kappa shape index (κ1) is 11.3. The Morgan fingerprint density at radius 2 is 2.20 bits per heavy atom. The molecule has 0 unspecified atom stereocenters. The molecule has 0 bridgehead atoms. The molecule has 80 valence electrons. The van der Waals surface area contributed by atoms with Gasteiger partial charge in [-0.05, 0) is 12.1 Å². The van der Waals surface area contributed by atoms with Gasteiger partial charge in [-0.25, -0.2) is 9.79 Å². The standard InChI is InChI=1S/C9H9ClN2O3/c10-4-7(11)12-5-2-1-3-6(13)8(5)9(14)15/h1-3,13H,4H2,(H2,11,12)(H,14,15). The Bertz CT molecular complexity index is 418. The highest BCUT2D eigenvalue weighted by atomic mass is 35.5. The van der Waals surface area contributed by atoms with Gasteiger partial charge in [-0.15, -0.1) is 11.6 Å². The maximum atomic E-state index is 10.8. The zero-order valence-corrected chi connectivity index (χ0v) is 8.40. The first-order chi connectivity index (χ1) is 7.06. The topological polar surface area (TPSA) is 95.9 Å². The van der Waals surface area contributed by atoms with Crippen LogP contribution in [-0.4, -0.2) is 27.9 Å². The second-order valence-electron chi connectivity index (χ2n) is 2.71. The van der Waals surface area contributed by atoms with Gasteiger partial charge in [0, 0.05) is 0 Å². The Morgan fingerprint density at radius 1 is 1.53 bits per heavy atom. The van der Waals surface area contributed by atoms with Crippen molar-refractivity contribution in [3.63, 3.8) is 0 Å². The van der Waals surface area contributed by atoms with E-state index in [1.54, 1.807) is 0 Å². The summed E-state index contributed by atoms with van der Waals surface area (Å²) in [6.07, 6.45) is 0. The Kier molecular flexibility index (Phi) is 3.51. The van der Waals surface area contributed by atoms with E-state index in [2.05, 4.69) is 4.99 Å². The fourth-order valence-corrected chi connectivity index (χ4v) is 1.08. The summed E-state index contributed by atoms with van der Waals surface area (Å²) in [4.78, 5) is 14.6. The Morgan fingerprint density at radius 3 is 2.73 bits per heavy atom. The van der Waals surface area contributed by atoms with E-state index >= 15 is 0 Å². The van der Waals surface area contributed by atoms with Gasteiger partial charge in [0.2, 0.25) is 0 Å². The van der Waals surface area contributed by atoms with Gasteiger partial charge in [0.1, 0.15) is 17.1 Å². The lowest BCUT2D eigenvalue weighted by molar-refractivity contribution is 0.0695. The number of halogens is 1. The summed E-state index contributed by atoms with van der Waals surface area (Å²) in [6, 6.07) is 4.17. The minimum Gasteiger partial charge on any atom is -0.507 e. The molecule has 0 aliphatic carbocycles. The summed E-state index contributed by atoms with van der Waals surface area (Å²) in [6.45, 7) is 0. The highest BCUT2D eigenvalue weighted by Crippen LogP contribution is 2.27. The van der Waals surface area contributed by atoms with E-state index in [0.29, 0.717) is 0 Å². The summed E-state index contributed by atoms with van der Waals surface area (Å²) < 4.78 is 0. The number of alkyl halides is 1. The number of aromatic hydroxyl groups is 1. The van der Waals surface area contributed by atoms with Crippen LogP contribution in [0.25, 0.3) is 0 Å². The van der Waals surface area contributed by atoms with Gasteiger partial charge >= 0.3 is 5.97 Å². The number of benzene rings is 1. The van der Waals surface area contributed by atoms with Crippen molar-refractivity contribution in [1.82, 2.24) is 0 Å². The van der Waals surface area contributed by atoms with Gasteiger partial charge < -0.3 is 15.9 Å². The average Bonchev–Trinajstić information content (AvgIpc) is 2.17.